The van der Waals surface area contributed by atoms with Crippen LogP contribution in [0.25, 0.3) is 0 Å². The number of esters is 1. The number of hydrogen-bond donors (Lipinski definition) is 1. The summed E-state index contributed by atoms with van der Waals surface area (Å²) < 4.78 is 21.9. The summed E-state index contributed by atoms with van der Waals surface area (Å²) in [5.74, 6) is -1.03. The second-order valence-electron chi connectivity index (χ2n) is 6.61. The Labute approximate surface area is 153 Å². The van der Waals surface area contributed by atoms with E-state index in [-0.39, 0.29) is 6.61 Å². The zero-order valence-corrected chi connectivity index (χ0v) is 15.4. The van der Waals surface area contributed by atoms with Crippen LogP contribution >= 0.6 is 0 Å². The number of hydrogen-bond acceptors (Lipinski definition) is 6. The van der Waals surface area contributed by atoms with Crippen molar-refractivity contribution in [1.29, 1.82) is 0 Å². The molecule has 1 aromatic carbocycles. The Morgan fingerprint density at radius 3 is 2.54 bits per heavy atom. The minimum Gasteiger partial charge on any atom is -0.484 e. The number of nitrogens with zero attached hydrogens (tertiary/aromatic N) is 1. The van der Waals surface area contributed by atoms with Crippen LogP contribution in [-0.4, -0.2) is 62.8 Å². The fourth-order valence-corrected chi connectivity index (χ4v) is 5.18. The topological polar surface area (TPSA) is 102 Å². The molecule has 1 N–H and O–H groups in total. The molecule has 2 heterocycles. The van der Waals surface area contributed by atoms with Crippen LogP contribution < -0.4 is 10.1 Å². The van der Waals surface area contributed by atoms with Crippen molar-refractivity contribution in [3.8, 4) is 5.75 Å². The van der Waals surface area contributed by atoms with Crippen molar-refractivity contribution in [2.75, 3.05) is 13.7 Å². The summed E-state index contributed by atoms with van der Waals surface area (Å²) in [6.07, 6.45) is 0. The first kappa shape index (κ1) is 18.4. The highest BCUT2D eigenvalue weighted by molar-refractivity contribution is 7.87. The maximum Gasteiger partial charge on any atom is 0.330 e. The molecule has 0 bridgehead atoms. The Morgan fingerprint density at radius 1 is 1.27 bits per heavy atom. The molecule has 0 saturated carbocycles. The summed E-state index contributed by atoms with van der Waals surface area (Å²) >= 11 is 0. The minimum atomic E-state index is -1.53. The van der Waals surface area contributed by atoms with Gasteiger partial charge in [0.2, 0.25) is 5.91 Å². The molecule has 2 saturated heterocycles. The van der Waals surface area contributed by atoms with E-state index < -0.39 is 50.8 Å². The van der Waals surface area contributed by atoms with Crippen LogP contribution in [0.5, 0.6) is 5.75 Å². The maximum atomic E-state index is 12.8. The lowest BCUT2D eigenvalue weighted by Gasteiger charge is -2.43. The van der Waals surface area contributed by atoms with Crippen LogP contribution in [0.1, 0.15) is 13.8 Å². The van der Waals surface area contributed by atoms with E-state index in [1.807, 2.05) is 6.07 Å². The molecular weight excluding hydrogens is 360 g/mol. The molecule has 2 aliphatic heterocycles. The number of rotatable bonds is 5. The number of nitrogens with one attached hydrogen (secondary N) is 1. The zero-order valence-electron chi connectivity index (χ0n) is 14.6. The molecule has 8 nitrogen and oxygen atoms in total. The van der Waals surface area contributed by atoms with Crippen molar-refractivity contribution in [2.24, 2.45) is 0 Å². The predicted molar refractivity (Wildman–Crippen MR) is 92.5 cm³/mol. The number of methoxy groups -OCH3 is 1. The summed E-state index contributed by atoms with van der Waals surface area (Å²) in [5, 5.41) is 1.81. The van der Waals surface area contributed by atoms with Gasteiger partial charge in [-0.25, -0.2) is 4.79 Å². The fraction of sp³-hybridized carbons (Fsp3) is 0.471. The number of carbonyl (C=O) groups is 3. The average molecular weight is 380 g/mol. The van der Waals surface area contributed by atoms with E-state index in [1.165, 1.54) is 12.0 Å². The molecule has 1 aromatic rings. The molecule has 9 heteroatoms. The molecule has 140 valence electrons. The number of carbonyl (C=O) groups excluding carboxylic acids is 3. The lowest BCUT2D eigenvalue weighted by molar-refractivity contribution is -0.162. The van der Waals surface area contributed by atoms with Gasteiger partial charge in [-0.05, 0) is 26.0 Å². The van der Waals surface area contributed by atoms with Gasteiger partial charge in [-0.1, -0.05) is 18.2 Å². The van der Waals surface area contributed by atoms with E-state index in [0.717, 1.165) is 0 Å². The van der Waals surface area contributed by atoms with Crippen molar-refractivity contribution >= 4 is 28.6 Å². The van der Waals surface area contributed by atoms with Gasteiger partial charge < -0.3 is 19.7 Å². The molecule has 2 fully saturated rings. The number of fused-ring (bicyclic) bond motifs is 1. The number of ether oxygens (including phenoxy) is 2. The van der Waals surface area contributed by atoms with Gasteiger partial charge in [-0.15, -0.1) is 0 Å². The van der Waals surface area contributed by atoms with Crippen molar-refractivity contribution in [3.63, 3.8) is 0 Å². The average Bonchev–Trinajstić information content (AvgIpc) is 2.82. The summed E-state index contributed by atoms with van der Waals surface area (Å²) in [5.41, 5.74) is 0. The van der Waals surface area contributed by atoms with Crippen LogP contribution in [0.15, 0.2) is 30.3 Å². The molecule has 0 radical (unpaired) electrons. The molecular formula is C17H20N2O6S. The van der Waals surface area contributed by atoms with E-state index in [4.69, 9.17) is 9.47 Å². The third-order valence-electron chi connectivity index (χ3n) is 4.61. The van der Waals surface area contributed by atoms with Crippen molar-refractivity contribution in [2.45, 2.75) is 36.1 Å². The van der Waals surface area contributed by atoms with E-state index in [0.29, 0.717) is 5.75 Å². The highest BCUT2D eigenvalue weighted by Gasteiger charge is 2.68. The Hall–Kier alpha value is -2.42. The lowest BCUT2D eigenvalue weighted by atomic mass is 9.96. The molecule has 3 rings (SSSR count). The third kappa shape index (κ3) is 2.86. The Balaban J connectivity index is 1.66. The second-order valence-corrected chi connectivity index (χ2v) is 8.74. The molecule has 2 aliphatic rings. The Kier molecular flexibility index (Phi) is 4.74. The standard InChI is InChI=1S/C17H20N2O6S/c1-17(2)13(16(22)24-3)19-14(21)12(15(19)26(17)23)18-11(20)9-25-10-7-5-4-6-8-10/h4-8,12-13,15H,9H2,1-3H3,(H,18,20)/t12-,13-,15-,26-/m0/s1. The van der Waals surface area contributed by atoms with Gasteiger partial charge >= 0.3 is 5.97 Å². The van der Waals surface area contributed by atoms with E-state index in [2.05, 4.69) is 5.32 Å². The monoisotopic (exact) mass is 380 g/mol. The van der Waals surface area contributed by atoms with Crippen LogP contribution in [0.2, 0.25) is 0 Å². The summed E-state index contributed by atoms with van der Waals surface area (Å²) in [7, 11) is -0.311. The first-order valence-electron chi connectivity index (χ1n) is 8.07. The highest BCUT2D eigenvalue weighted by Crippen LogP contribution is 2.43. The van der Waals surface area contributed by atoms with E-state index in [1.54, 1.807) is 38.1 Å². The van der Waals surface area contributed by atoms with Crippen LogP contribution in [0, 0.1) is 0 Å². The smallest absolute Gasteiger partial charge is 0.330 e. The predicted octanol–water partition coefficient (Wildman–Crippen LogP) is -0.199. The molecule has 0 unspecified atom stereocenters. The van der Waals surface area contributed by atoms with Gasteiger partial charge in [0.05, 0.1) is 22.7 Å². The third-order valence-corrected chi connectivity index (χ3v) is 6.81. The summed E-state index contributed by atoms with van der Waals surface area (Å²) in [6.45, 7) is 3.03. The normalized spacial score (nSPS) is 28.7. The van der Waals surface area contributed by atoms with Crippen LogP contribution in [0.4, 0.5) is 0 Å². The quantitative estimate of drug-likeness (QED) is 0.561. The summed E-state index contributed by atoms with van der Waals surface area (Å²) in [6, 6.07) is 6.92. The summed E-state index contributed by atoms with van der Waals surface area (Å²) in [4.78, 5) is 37.8. The Bertz CT molecular complexity index is 766. The van der Waals surface area contributed by atoms with E-state index in [9.17, 15) is 18.6 Å². The lowest BCUT2D eigenvalue weighted by Crippen LogP contribution is -2.71. The molecule has 2 amide bonds. The molecule has 4 atom stereocenters. The van der Waals surface area contributed by atoms with Gasteiger partial charge in [-0.2, -0.15) is 0 Å². The first-order chi connectivity index (χ1) is 12.3. The number of benzene rings is 1. The van der Waals surface area contributed by atoms with Gasteiger partial charge in [0.1, 0.15) is 23.2 Å². The van der Waals surface area contributed by atoms with Crippen LogP contribution in [-0.2, 0) is 29.9 Å². The molecule has 0 aromatic heterocycles. The largest absolute Gasteiger partial charge is 0.484 e. The molecule has 0 spiro atoms. The minimum absolute atomic E-state index is 0.267. The van der Waals surface area contributed by atoms with Crippen LogP contribution in [0.3, 0.4) is 0 Å². The van der Waals surface area contributed by atoms with E-state index >= 15 is 0 Å². The van der Waals surface area contributed by atoms with Gasteiger partial charge in [-0.3, -0.25) is 13.8 Å². The number of amides is 2. The van der Waals surface area contributed by atoms with Crippen molar-refractivity contribution < 1.29 is 28.1 Å². The fourth-order valence-electron chi connectivity index (χ4n) is 3.27. The number of para-hydroxylation sites is 1. The van der Waals surface area contributed by atoms with Crippen molar-refractivity contribution in [3.05, 3.63) is 30.3 Å². The SMILES string of the molecule is COC(=O)[C@@H]1N2C(=O)[C@H](NC(=O)COc3ccccc3)[C@@H]2[S@](=O)C1(C)C. The Morgan fingerprint density at radius 2 is 1.92 bits per heavy atom. The second kappa shape index (κ2) is 6.71. The number of β-lactam (4-membered cyclic amide) rings is 1. The zero-order chi connectivity index (χ0) is 19.1. The molecule has 26 heavy (non-hydrogen) atoms. The van der Waals surface area contributed by atoms with Crippen molar-refractivity contribution in [1.82, 2.24) is 10.2 Å². The first-order valence-corrected chi connectivity index (χ1v) is 9.28. The molecule has 0 aliphatic carbocycles. The maximum absolute atomic E-state index is 12.8. The van der Waals surface area contributed by atoms with Gasteiger partial charge in [0.15, 0.2) is 6.61 Å². The highest BCUT2D eigenvalue weighted by atomic mass is 32.2. The van der Waals surface area contributed by atoms with Gasteiger partial charge in [0, 0.05) is 0 Å². The van der Waals surface area contributed by atoms with Gasteiger partial charge in [0.25, 0.3) is 5.91 Å².